The normalized spacial score (nSPS) is 11.8. The first-order valence-electron chi connectivity index (χ1n) is 17.7. The molecule has 0 saturated carbocycles. The molecule has 4 rings (SSSR count). The van der Waals surface area contributed by atoms with Crippen molar-refractivity contribution in [1.29, 1.82) is 0 Å². The zero-order valence-corrected chi connectivity index (χ0v) is 30.6. The highest BCUT2D eigenvalue weighted by molar-refractivity contribution is 5.19. The van der Waals surface area contributed by atoms with E-state index in [0.717, 1.165) is 101 Å². The maximum absolute atomic E-state index is 11.5. The molecule has 4 aromatic rings. The zero-order chi connectivity index (χ0) is 36.2. The number of aromatic nitrogens is 8. The number of hydrogen-bond acceptors (Lipinski definition) is 10. The number of unbranched alkanes of at least 4 members (excludes halogenated alkanes) is 5. The Kier molecular flexibility index (Phi) is 14.2. The molecule has 0 amide bonds. The predicted molar refractivity (Wildman–Crippen MR) is 191 cm³/mol. The first kappa shape index (κ1) is 38.4. The molecule has 16 nitrogen and oxygen atoms in total. The second-order valence-electron chi connectivity index (χ2n) is 13.1. The summed E-state index contributed by atoms with van der Waals surface area (Å²) in [6.07, 6.45) is 13.1. The fourth-order valence-electron chi connectivity index (χ4n) is 6.61. The summed E-state index contributed by atoms with van der Waals surface area (Å²) in [6, 6.07) is 0. The van der Waals surface area contributed by atoms with Gasteiger partial charge in [-0.15, -0.1) is 0 Å². The van der Waals surface area contributed by atoms with Gasteiger partial charge < -0.3 is 29.4 Å². The number of imidazole rings is 4. The molecule has 4 aromatic heterocycles. The number of aryl methyl sites for hydroxylation is 6. The molecule has 0 atom stereocenters. The monoisotopic (exact) mass is 694 g/mol. The Bertz CT molecular complexity index is 1530. The van der Waals surface area contributed by atoms with E-state index in [4.69, 9.17) is 0 Å². The van der Waals surface area contributed by atoms with Gasteiger partial charge in [-0.1, -0.05) is 25.7 Å². The second-order valence-corrected chi connectivity index (χ2v) is 13.1. The lowest BCUT2D eigenvalue weighted by Crippen LogP contribution is -2.32. The van der Waals surface area contributed by atoms with Gasteiger partial charge in [-0.3, -0.25) is 9.80 Å². The topological polar surface area (TPSA) is 164 Å². The molecule has 0 radical (unpaired) electrons. The summed E-state index contributed by atoms with van der Waals surface area (Å²) >= 11 is 0. The van der Waals surface area contributed by atoms with E-state index >= 15 is 0 Å². The van der Waals surface area contributed by atoms with Crippen molar-refractivity contribution >= 4 is 11.6 Å². The Hall–Kier alpha value is -4.44. The molecule has 0 aliphatic heterocycles. The molecule has 0 bridgehead atoms. The molecule has 0 aliphatic carbocycles. The van der Waals surface area contributed by atoms with E-state index in [1.165, 1.54) is 12.4 Å². The van der Waals surface area contributed by atoms with Crippen LogP contribution in [0.5, 0.6) is 0 Å². The van der Waals surface area contributed by atoms with Crippen LogP contribution in [0, 0.1) is 61.8 Å². The van der Waals surface area contributed by atoms with Crippen LogP contribution in [0.3, 0.4) is 0 Å². The average Bonchev–Trinajstić information content (AvgIpc) is 3.82. The standard InChI is InChI=1S/C34H54N12O4/c1-27-23-35-29(3)41(27)19-15-39(17-21-43-31(5)37-25-33(43)45(47)48)13-11-9-7-8-10-12-14-40(16-20-42-28(2)24-36-30(42)4)18-22-44-32(6)38-26-34(44)46(49)50/h23-26H,7-22H2,1-6H3. The van der Waals surface area contributed by atoms with Gasteiger partial charge in [0.1, 0.15) is 37.1 Å². The first-order chi connectivity index (χ1) is 24.0. The number of nitrogens with zero attached hydrogens (tertiary/aromatic N) is 12. The van der Waals surface area contributed by atoms with Crippen molar-refractivity contribution in [2.45, 2.75) is 106 Å². The maximum atomic E-state index is 11.5. The Morgan fingerprint density at radius 2 is 0.780 bits per heavy atom. The van der Waals surface area contributed by atoms with Gasteiger partial charge in [0.25, 0.3) is 0 Å². The molecule has 0 saturated heterocycles. The lowest BCUT2D eigenvalue weighted by molar-refractivity contribution is -0.392. The van der Waals surface area contributed by atoms with Crippen molar-refractivity contribution in [2.24, 2.45) is 0 Å². The van der Waals surface area contributed by atoms with Crippen molar-refractivity contribution in [3.8, 4) is 0 Å². The van der Waals surface area contributed by atoms with Gasteiger partial charge in [-0.05, 0) is 63.5 Å². The third-order valence-corrected chi connectivity index (χ3v) is 9.71. The van der Waals surface area contributed by atoms with Crippen LogP contribution in [0.1, 0.15) is 73.2 Å². The number of rotatable bonds is 23. The van der Waals surface area contributed by atoms with Gasteiger partial charge in [0.15, 0.2) is 11.6 Å². The Morgan fingerprint density at radius 3 is 1.10 bits per heavy atom. The van der Waals surface area contributed by atoms with Gasteiger partial charge in [0, 0.05) is 76.9 Å². The van der Waals surface area contributed by atoms with E-state index in [9.17, 15) is 20.2 Å². The molecule has 50 heavy (non-hydrogen) atoms. The van der Waals surface area contributed by atoms with Crippen LogP contribution < -0.4 is 0 Å². The Morgan fingerprint density at radius 1 is 0.480 bits per heavy atom. The van der Waals surface area contributed by atoms with Crippen LogP contribution in [0.15, 0.2) is 24.8 Å². The van der Waals surface area contributed by atoms with Crippen molar-refractivity contribution < 1.29 is 9.85 Å². The van der Waals surface area contributed by atoms with E-state index < -0.39 is 0 Å². The lowest BCUT2D eigenvalue weighted by atomic mass is 10.1. The van der Waals surface area contributed by atoms with Crippen molar-refractivity contribution in [1.82, 2.24) is 48.0 Å². The van der Waals surface area contributed by atoms with Crippen LogP contribution in [0.2, 0.25) is 0 Å². The summed E-state index contributed by atoms with van der Waals surface area (Å²) in [5.74, 6) is 3.36. The third kappa shape index (κ3) is 10.5. The molecule has 0 N–H and O–H groups in total. The summed E-state index contributed by atoms with van der Waals surface area (Å²) in [4.78, 5) is 44.3. The summed E-state index contributed by atoms with van der Waals surface area (Å²) in [5.41, 5.74) is 2.26. The summed E-state index contributed by atoms with van der Waals surface area (Å²) < 4.78 is 7.83. The molecular formula is C34H54N12O4. The third-order valence-electron chi connectivity index (χ3n) is 9.71. The predicted octanol–water partition coefficient (Wildman–Crippen LogP) is 5.18. The molecule has 0 aliphatic rings. The van der Waals surface area contributed by atoms with E-state index in [2.05, 4.69) is 52.7 Å². The van der Waals surface area contributed by atoms with Gasteiger partial charge in [0.2, 0.25) is 0 Å². The molecule has 0 aromatic carbocycles. The van der Waals surface area contributed by atoms with Crippen molar-refractivity contribution in [3.05, 3.63) is 79.7 Å². The van der Waals surface area contributed by atoms with Gasteiger partial charge in [0.05, 0.1) is 0 Å². The minimum atomic E-state index is -0.365. The van der Waals surface area contributed by atoms with Gasteiger partial charge >= 0.3 is 11.6 Å². The second kappa shape index (κ2) is 18.5. The molecule has 0 spiro atoms. The van der Waals surface area contributed by atoms with E-state index in [1.54, 1.807) is 9.13 Å². The van der Waals surface area contributed by atoms with E-state index in [-0.39, 0.29) is 21.5 Å². The quantitative estimate of drug-likeness (QED) is 0.0574. The number of hydrogen-bond donors (Lipinski definition) is 0. The highest BCUT2D eigenvalue weighted by atomic mass is 16.6. The summed E-state index contributed by atoms with van der Waals surface area (Å²) in [7, 11) is 0. The van der Waals surface area contributed by atoms with Crippen LogP contribution in [-0.4, -0.2) is 97.1 Å². The van der Waals surface area contributed by atoms with E-state index in [0.29, 0.717) is 37.8 Å². The molecule has 0 unspecified atom stereocenters. The van der Waals surface area contributed by atoms with Crippen molar-refractivity contribution in [2.75, 3.05) is 39.3 Å². The smallest absolute Gasteiger partial charge is 0.342 e. The average molecular weight is 695 g/mol. The molecule has 4 heterocycles. The lowest BCUT2D eigenvalue weighted by Gasteiger charge is -2.23. The largest absolute Gasteiger partial charge is 0.358 e. The fourth-order valence-corrected chi connectivity index (χ4v) is 6.61. The Balaban J connectivity index is 1.23. The molecular weight excluding hydrogens is 640 g/mol. The van der Waals surface area contributed by atoms with Crippen LogP contribution in [-0.2, 0) is 26.2 Å². The molecule has 274 valence electrons. The summed E-state index contributed by atoms with van der Waals surface area (Å²) in [6.45, 7) is 19.4. The minimum Gasteiger partial charge on any atom is -0.358 e. The number of nitro groups is 2. The first-order valence-corrected chi connectivity index (χ1v) is 17.7. The minimum absolute atomic E-state index is 0.0347. The van der Waals surface area contributed by atoms with Crippen molar-refractivity contribution in [3.63, 3.8) is 0 Å². The summed E-state index contributed by atoms with van der Waals surface area (Å²) in [5, 5.41) is 23.0. The zero-order valence-electron chi connectivity index (χ0n) is 30.6. The van der Waals surface area contributed by atoms with Crippen LogP contribution in [0.4, 0.5) is 11.6 Å². The maximum Gasteiger partial charge on any atom is 0.342 e. The fraction of sp³-hybridized carbons (Fsp3) is 0.647. The van der Waals surface area contributed by atoms with Gasteiger partial charge in [-0.25, -0.2) is 29.1 Å². The molecule has 0 fully saturated rings. The van der Waals surface area contributed by atoms with Crippen LogP contribution in [0.25, 0.3) is 0 Å². The Labute approximate surface area is 294 Å². The molecule has 16 heteroatoms. The SMILES string of the molecule is Cc1cnc(C)n1CCN(CCCCCCCCN(CCn1c(C)cnc1C)CCn1c([N+](=O)[O-])cnc1C)CCn1c([N+](=O)[O-])cnc1C. The van der Waals surface area contributed by atoms with Crippen LogP contribution >= 0.6 is 0 Å². The highest BCUT2D eigenvalue weighted by Crippen LogP contribution is 2.16. The van der Waals surface area contributed by atoms with E-state index in [1.807, 2.05) is 40.1 Å². The highest BCUT2D eigenvalue weighted by Gasteiger charge is 2.20. The van der Waals surface area contributed by atoms with Gasteiger partial charge in [-0.2, -0.15) is 0 Å².